The smallest absolute Gasteiger partial charge is 0.275 e. The van der Waals surface area contributed by atoms with Crippen molar-refractivity contribution < 1.29 is 19.0 Å². The van der Waals surface area contributed by atoms with Crippen LogP contribution in [-0.4, -0.2) is 25.8 Å². The number of nitrogens with one attached hydrogen (secondary N) is 1. The molecule has 0 aromatic heterocycles. The minimum absolute atomic E-state index is 0.270. The number of nitriles is 1. The molecule has 0 atom stereocenters. The van der Waals surface area contributed by atoms with Crippen molar-refractivity contribution in [1.29, 1.82) is 5.26 Å². The summed E-state index contributed by atoms with van der Waals surface area (Å²) >= 11 is 6.88. The van der Waals surface area contributed by atoms with Crippen LogP contribution in [0.3, 0.4) is 0 Å². The first-order valence-electron chi connectivity index (χ1n) is 10.2. The topological polar surface area (TPSA) is 92.9 Å². The van der Waals surface area contributed by atoms with E-state index in [1.165, 1.54) is 13.3 Å². The maximum absolute atomic E-state index is 12.5. The second-order valence-electron chi connectivity index (χ2n) is 6.91. The molecule has 0 spiro atoms. The van der Waals surface area contributed by atoms with Gasteiger partial charge in [-0.3, -0.25) is 4.79 Å². The van der Waals surface area contributed by atoms with E-state index in [0.717, 1.165) is 10.0 Å². The monoisotopic (exact) mass is 585 g/mol. The quantitative estimate of drug-likeness (QED) is 0.251. The number of halogens is 2. The van der Waals surface area contributed by atoms with Crippen molar-refractivity contribution in [3.05, 3.63) is 85.8 Å². The van der Waals surface area contributed by atoms with Crippen LogP contribution >= 0.6 is 31.9 Å². The van der Waals surface area contributed by atoms with E-state index >= 15 is 0 Å². The summed E-state index contributed by atoms with van der Waals surface area (Å²) in [5, 5.41) is 13.1. The summed E-state index contributed by atoms with van der Waals surface area (Å²) in [5.74, 6) is 1.09. The molecular formula is C25H21Br2N3O4. The molecule has 0 fully saturated rings. The van der Waals surface area contributed by atoms with Gasteiger partial charge in [-0.15, -0.1) is 0 Å². The molecule has 0 heterocycles. The molecule has 0 unspecified atom stereocenters. The zero-order chi connectivity index (χ0) is 24.5. The number of methoxy groups -OCH3 is 1. The number of hydrogen-bond donors (Lipinski definition) is 1. The van der Waals surface area contributed by atoms with Gasteiger partial charge in [0.25, 0.3) is 5.91 Å². The summed E-state index contributed by atoms with van der Waals surface area (Å²) in [6.45, 7) is 2.58. The predicted molar refractivity (Wildman–Crippen MR) is 137 cm³/mol. The summed E-state index contributed by atoms with van der Waals surface area (Å²) in [5.41, 5.74) is 4.99. The number of rotatable bonds is 9. The van der Waals surface area contributed by atoms with Gasteiger partial charge in [-0.1, -0.05) is 28.1 Å². The number of ether oxygens (including phenoxy) is 3. The second-order valence-corrected chi connectivity index (χ2v) is 8.68. The Morgan fingerprint density at radius 3 is 2.68 bits per heavy atom. The molecule has 0 aliphatic heterocycles. The average Bonchev–Trinajstić information content (AvgIpc) is 2.83. The molecule has 0 aliphatic rings. The lowest BCUT2D eigenvalue weighted by Gasteiger charge is -2.15. The fourth-order valence-corrected chi connectivity index (χ4v) is 3.97. The van der Waals surface area contributed by atoms with Gasteiger partial charge in [0.2, 0.25) is 0 Å². The highest BCUT2D eigenvalue weighted by Gasteiger charge is 2.14. The Bertz CT molecular complexity index is 1260. The molecule has 9 heteroatoms. The lowest BCUT2D eigenvalue weighted by molar-refractivity contribution is 0.0952. The lowest BCUT2D eigenvalue weighted by atomic mass is 10.1. The molecule has 0 radical (unpaired) electrons. The van der Waals surface area contributed by atoms with Gasteiger partial charge in [-0.25, -0.2) is 5.43 Å². The number of nitrogens with zero attached hydrogens (tertiary/aromatic N) is 2. The first-order valence-corrected chi connectivity index (χ1v) is 11.8. The van der Waals surface area contributed by atoms with E-state index in [-0.39, 0.29) is 6.61 Å². The summed E-state index contributed by atoms with van der Waals surface area (Å²) in [6, 6.07) is 18.1. The SMILES string of the molecule is CCOc1cc(/C=N\NC(=O)c2cc(Br)ccc2OC)cc(Br)c1OCc1cccc(C#N)c1. The molecule has 7 nitrogen and oxygen atoms in total. The van der Waals surface area contributed by atoms with E-state index in [1.54, 1.807) is 42.5 Å². The Labute approximate surface area is 214 Å². The van der Waals surface area contributed by atoms with E-state index < -0.39 is 5.91 Å². The molecule has 3 aromatic carbocycles. The molecule has 0 bridgehead atoms. The van der Waals surface area contributed by atoms with Crippen LogP contribution in [0, 0.1) is 11.3 Å². The first-order chi connectivity index (χ1) is 16.4. The largest absolute Gasteiger partial charge is 0.496 e. The standard InChI is InChI=1S/C25H21Br2N3O4/c1-3-33-23-11-18(14-29-30-25(31)20-12-19(26)7-8-22(20)32-2)10-21(27)24(23)34-15-17-6-4-5-16(9-17)13-28/h4-12,14H,3,15H2,1-2H3,(H,30,31)/b29-14-. The number of hydrazone groups is 1. The Morgan fingerprint density at radius 2 is 1.94 bits per heavy atom. The van der Waals surface area contributed by atoms with E-state index in [4.69, 9.17) is 19.5 Å². The Balaban J connectivity index is 1.75. The van der Waals surface area contributed by atoms with Gasteiger partial charge in [0.05, 0.1) is 41.6 Å². The lowest BCUT2D eigenvalue weighted by Crippen LogP contribution is -2.18. The number of hydrogen-bond acceptors (Lipinski definition) is 6. The van der Waals surface area contributed by atoms with E-state index in [9.17, 15) is 4.79 Å². The van der Waals surface area contributed by atoms with E-state index in [1.807, 2.05) is 19.1 Å². The predicted octanol–water partition coefficient (Wildman–Crippen LogP) is 5.83. The number of carbonyl (C=O) groups excluding carboxylic acids is 1. The van der Waals surface area contributed by atoms with Crippen molar-refractivity contribution in [2.24, 2.45) is 5.10 Å². The van der Waals surface area contributed by atoms with Crippen LogP contribution < -0.4 is 19.6 Å². The third-order valence-electron chi connectivity index (χ3n) is 4.56. The van der Waals surface area contributed by atoms with Crippen molar-refractivity contribution in [3.63, 3.8) is 0 Å². The minimum Gasteiger partial charge on any atom is -0.496 e. The highest BCUT2D eigenvalue weighted by atomic mass is 79.9. The second kappa shape index (κ2) is 12.2. The Kier molecular flexibility index (Phi) is 9.08. The normalized spacial score (nSPS) is 10.6. The van der Waals surface area contributed by atoms with Crippen LogP contribution in [-0.2, 0) is 6.61 Å². The third kappa shape index (κ3) is 6.59. The molecule has 1 N–H and O–H groups in total. The van der Waals surface area contributed by atoms with Crippen molar-refractivity contribution in [3.8, 4) is 23.3 Å². The van der Waals surface area contributed by atoms with Crippen molar-refractivity contribution in [1.82, 2.24) is 5.43 Å². The molecule has 1 amide bonds. The van der Waals surface area contributed by atoms with Gasteiger partial charge in [0.15, 0.2) is 11.5 Å². The Morgan fingerprint density at radius 1 is 1.12 bits per heavy atom. The molecule has 3 aromatic rings. The maximum Gasteiger partial charge on any atom is 0.275 e. The zero-order valence-electron chi connectivity index (χ0n) is 18.5. The van der Waals surface area contributed by atoms with Gasteiger partial charge in [-0.2, -0.15) is 10.4 Å². The van der Waals surface area contributed by atoms with Crippen LogP contribution in [0.4, 0.5) is 0 Å². The summed E-state index contributed by atoms with van der Waals surface area (Å²) in [6.07, 6.45) is 1.51. The molecule has 34 heavy (non-hydrogen) atoms. The highest BCUT2D eigenvalue weighted by molar-refractivity contribution is 9.10. The molecule has 0 saturated carbocycles. The minimum atomic E-state index is -0.405. The van der Waals surface area contributed by atoms with Crippen LogP contribution in [0.5, 0.6) is 17.2 Å². The fraction of sp³-hybridized carbons (Fsp3) is 0.160. The molecule has 0 aliphatic carbocycles. The molecular weight excluding hydrogens is 566 g/mol. The van der Waals surface area contributed by atoms with Crippen molar-refractivity contribution >= 4 is 44.0 Å². The molecule has 174 valence electrons. The fourth-order valence-electron chi connectivity index (χ4n) is 3.03. The summed E-state index contributed by atoms with van der Waals surface area (Å²) in [4.78, 5) is 12.5. The van der Waals surface area contributed by atoms with Crippen LogP contribution in [0.2, 0.25) is 0 Å². The van der Waals surface area contributed by atoms with Gasteiger partial charge in [0.1, 0.15) is 12.4 Å². The number of benzene rings is 3. The van der Waals surface area contributed by atoms with E-state index in [2.05, 4.69) is 48.5 Å². The van der Waals surface area contributed by atoms with Crippen LogP contribution in [0.25, 0.3) is 0 Å². The van der Waals surface area contributed by atoms with Crippen LogP contribution in [0.15, 0.2) is 68.6 Å². The van der Waals surface area contributed by atoms with Crippen molar-refractivity contribution in [2.75, 3.05) is 13.7 Å². The van der Waals surface area contributed by atoms with Gasteiger partial charge < -0.3 is 14.2 Å². The van der Waals surface area contributed by atoms with Gasteiger partial charge >= 0.3 is 0 Å². The summed E-state index contributed by atoms with van der Waals surface area (Å²) < 4.78 is 18.4. The zero-order valence-corrected chi connectivity index (χ0v) is 21.6. The van der Waals surface area contributed by atoms with Crippen molar-refractivity contribution in [2.45, 2.75) is 13.5 Å². The van der Waals surface area contributed by atoms with Gasteiger partial charge in [-0.05, 0) is 76.4 Å². The third-order valence-corrected chi connectivity index (χ3v) is 5.64. The number of carbonyl (C=O) groups is 1. The van der Waals surface area contributed by atoms with E-state index in [0.29, 0.717) is 45.0 Å². The average molecular weight is 587 g/mol. The Hall–Kier alpha value is -3.35. The highest BCUT2D eigenvalue weighted by Crippen LogP contribution is 2.37. The molecule has 0 saturated heterocycles. The van der Waals surface area contributed by atoms with Gasteiger partial charge in [0, 0.05) is 4.47 Å². The summed E-state index contributed by atoms with van der Waals surface area (Å²) in [7, 11) is 1.50. The van der Waals surface area contributed by atoms with Crippen LogP contribution in [0.1, 0.15) is 34.0 Å². The molecule has 3 rings (SSSR count). The first kappa shape index (κ1) is 25.3. The number of amides is 1. The maximum atomic E-state index is 12.5.